The number of nitrogens with one attached hydrogen (secondary N) is 1. The van der Waals surface area contributed by atoms with E-state index in [1.165, 1.54) is 41.0 Å². The fourth-order valence-corrected chi connectivity index (χ4v) is 3.54. The Bertz CT molecular complexity index is 390. The first kappa shape index (κ1) is 12.6. The Morgan fingerprint density at radius 3 is 2.76 bits per heavy atom. The van der Waals surface area contributed by atoms with Crippen LogP contribution in [-0.4, -0.2) is 11.9 Å². The maximum atomic E-state index is 11.0. The van der Waals surface area contributed by atoms with Crippen LogP contribution in [0.2, 0.25) is 0 Å². The molecule has 2 atom stereocenters. The summed E-state index contributed by atoms with van der Waals surface area (Å²) in [6.07, 6.45) is 5.05. The van der Waals surface area contributed by atoms with Crippen LogP contribution in [0.3, 0.4) is 0 Å². The first-order valence-electron chi connectivity index (χ1n) is 6.24. The van der Waals surface area contributed by atoms with Gasteiger partial charge in [-0.2, -0.15) is 0 Å². The molecule has 0 saturated carbocycles. The minimum Gasteiger partial charge on any atom is -0.368 e. The van der Waals surface area contributed by atoms with Crippen molar-refractivity contribution in [1.29, 1.82) is 0 Å². The summed E-state index contributed by atoms with van der Waals surface area (Å²) in [5.41, 5.74) is 6.77. The summed E-state index contributed by atoms with van der Waals surface area (Å²) in [4.78, 5) is 13.9. The van der Waals surface area contributed by atoms with Gasteiger partial charge in [0.1, 0.15) is 0 Å². The molecule has 3 nitrogen and oxygen atoms in total. The summed E-state index contributed by atoms with van der Waals surface area (Å²) in [6.45, 7) is 3.91. The van der Waals surface area contributed by atoms with E-state index < -0.39 is 0 Å². The molecule has 1 aromatic heterocycles. The molecule has 1 heterocycles. The lowest BCUT2D eigenvalue weighted by atomic mass is 9.99. The highest BCUT2D eigenvalue weighted by molar-refractivity contribution is 7.12. The minimum absolute atomic E-state index is 0.202. The number of primary amides is 1. The number of hydrogen-bond acceptors (Lipinski definition) is 3. The first-order valence-corrected chi connectivity index (χ1v) is 7.06. The molecular weight excluding hydrogens is 232 g/mol. The van der Waals surface area contributed by atoms with Crippen LogP contribution in [0.15, 0.2) is 6.07 Å². The smallest absolute Gasteiger partial charge is 0.234 e. The van der Waals surface area contributed by atoms with E-state index in [1.54, 1.807) is 0 Å². The third-order valence-corrected chi connectivity index (χ3v) is 4.79. The lowest BCUT2D eigenvalue weighted by Crippen LogP contribution is -2.39. The molecule has 2 rings (SSSR count). The van der Waals surface area contributed by atoms with Gasteiger partial charge in [0.15, 0.2) is 0 Å². The number of carbonyl (C=O) groups excluding carboxylic acids is 1. The molecule has 0 radical (unpaired) electrons. The van der Waals surface area contributed by atoms with Crippen molar-refractivity contribution in [3.05, 3.63) is 21.4 Å². The van der Waals surface area contributed by atoms with E-state index in [0.29, 0.717) is 0 Å². The topological polar surface area (TPSA) is 55.1 Å². The van der Waals surface area contributed by atoms with Gasteiger partial charge in [-0.05, 0) is 51.2 Å². The predicted molar refractivity (Wildman–Crippen MR) is 71.2 cm³/mol. The van der Waals surface area contributed by atoms with Crippen molar-refractivity contribution in [2.24, 2.45) is 5.73 Å². The van der Waals surface area contributed by atoms with E-state index in [9.17, 15) is 4.79 Å². The normalized spacial score (nSPS) is 18.5. The molecule has 0 saturated heterocycles. The Morgan fingerprint density at radius 2 is 2.12 bits per heavy atom. The molecule has 0 aliphatic heterocycles. The number of hydrogen-bond donors (Lipinski definition) is 2. The van der Waals surface area contributed by atoms with Gasteiger partial charge in [0.2, 0.25) is 5.91 Å². The first-order chi connectivity index (χ1) is 8.08. The molecule has 17 heavy (non-hydrogen) atoms. The van der Waals surface area contributed by atoms with Gasteiger partial charge in [0.25, 0.3) is 0 Å². The second-order valence-corrected chi connectivity index (χ2v) is 5.99. The summed E-state index contributed by atoms with van der Waals surface area (Å²) in [7, 11) is 0. The van der Waals surface area contributed by atoms with Gasteiger partial charge in [0, 0.05) is 15.8 Å². The van der Waals surface area contributed by atoms with Crippen LogP contribution in [0, 0.1) is 0 Å². The van der Waals surface area contributed by atoms with Gasteiger partial charge in [-0.3, -0.25) is 10.1 Å². The van der Waals surface area contributed by atoms with Gasteiger partial charge in [-0.1, -0.05) is 0 Å². The molecule has 94 valence electrons. The average Bonchev–Trinajstić information content (AvgIpc) is 2.72. The highest BCUT2D eigenvalue weighted by Gasteiger charge is 2.18. The van der Waals surface area contributed by atoms with E-state index in [2.05, 4.69) is 18.3 Å². The largest absolute Gasteiger partial charge is 0.368 e. The molecule has 1 aromatic rings. The fourth-order valence-electron chi connectivity index (χ4n) is 2.27. The Kier molecular flexibility index (Phi) is 3.84. The van der Waals surface area contributed by atoms with Crippen molar-refractivity contribution in [1.82, 2.24) is 5.32 Å². The summed E-state index contributed by atoms with van der Waals surface area (Å²) in [5.74, 6) is -0.293. The Balaban J connectivity index is 2.06. The highest BCUT2D eigenvalue weighted by Crippen LogP contribution is 2.32. The average molecular weight is 252 g/mol. The van der Waals surface area contributed by atoms with Gasteiger partial charge in [-0.15, -0.1) is 11.3 Å². The SMILES string of the molecule is CC(NC(C)c1cc2c(s1)CCCC2)C(N)=O. The summed E-state index contributed by atoms with van der Waals surface area (Å²) >= 11 is 1.88. The number of aryl methyl sites for hydroxylation is 2. The van der Waals surface area contributed by atoms with E-state index in [1.807, 2.05) is 18.3 Å². The molecule has 1 aliphatic carbocycles. The third kappa shape index (κ3) is 2.87. The lowest BCUT2D eigenvalue weighted by molar-refractivity contribution is -0.119. The lowest BCUT2D eigenvalue weighted by Gasteiger charge is -2.16. The zero-order valence-corrected chi connectivity index (χ0v) is 11.3. The molecule has 4 heteroatoms. The summed E-state index contributed by atoms with van der Waals surface area (Å²) < 4.78 is 0. The van der Waals surface area contributed by atoms with Crippen molar-refractivity contribution < 1.29 is 4.79 Å². The Morgan fingerprint density at radius 1 is 1.41 bits per heavy atom. The van der Waals surface area contributed by atoms with Crippen LogP contribution in [0.1, 0.15) is 48.0 Å². The van der Waals surface area contributed by atoms with Crippen LogP contribution in [0.4, 0.5) is 0 Å². The van der Waals surface area contributed by atoms with E-state index in [4.69, 9.17) is 5.73 Å². The van der Waals surface area contributed by atoms with Gasteiger partial charge in [-0.25, -0.2) is 0 Å². The van der Waals surface area contributed by atoms with Crippen LogP contribution < -0.4 is 11.1 Å². The molecule has 0 bridgehead atoms. The highest BCUT2D eigenvalue weighted by atomic mass is 32.1. The molecule has 2 unspecified atom stereocenters. The molecule has 3 N–H and O–H groups in total. The summed E-state index contributed by atoms with van der Waals surface area (Å²) in [6, 6.07) is 2.22. The minimum atomic E-state index is -0.293. The van der Waals surface area contributed by atoms with Crippen molar-refractivity contribution in [3.63, 3.8) is 0 Å². The second-order valence-electron chi connectivity index (χ2n) is 4.82. The third-order valence-electron chi connectivity index (χ3n) is 3.37. The number of amides is 1. The molecule has 1 amide bonds. The van der Waals surface area contributed by atoms with Crippen LogP contribution in [0.5, 0.6) is 0 Å². The van der Waals surface area contributed by atoms with Crippen molar-refractivity contribution in [2.45, 2.75) is 51.6 Å². The quantitative estimate of drug-likeness (QED) is 0.862. The molecule has 0 spiro atoms. The van der Waals surface area contributed by atoms with Gasteiger partial charge >= 0.3 is 0 Å². The monoisotopic (exact) mass is 252 g/mol. The van der Waals surface area contributed by atoms with Crippen LogP contribution >= 0.6 is 11.3 Å². The van der Waals surface area contributed by atoms with Crippen molar-refractivity contribution in [2.75, 3.05) is 0 Å². The zero-order chi connectivity index (χ0) is 12.4. The number of carbonyl (C=O) groups is 1. The van der Waals surface area contributed by atoms with E-state index >= 15 is 0 Å². The molecule has 0 aromatic carbocycles. The van der Waals surface area contributed by atoms with E-state index in [0.717, 1.165) is 0 Å². The zero-order valence-electron chi connectivity index (χ0n) is 10.5. The predicted octanol–water partition coefficient (Wildman–Crippen LogP) is 2.15. The fraction of sp³-hybridized carbons (Fsp3) is 0.615. The van der Waals surface area contributed by atoms with Crippen LogP contribution in [-0.2, 0) is 17.6 Å². The molecule has 0 fully saturated rings. The summed E-state index contributed by atoms with van der Waals surface area (Å²) in [5, 5.41) is 3.24. The molecular formula is C13H20N2OS. The van der Waals surface area contributed by atoms with Gasteiger partial charge < -0.3 is 5.73 Å². The van der Waals surface area contributed by atoms with Crippen molar-refractivity contribution in [3.8, 4) is 0 Å². The molecule has 1 aliphatic rings. The van der Waals surface area contributed by atoms with Gasteiger partial charge in [0.05, 0.1) is 6.04 Å². The number of fused-ring (bicyclic) bond motifs is 1. The van der Waals surface area contributed by atoms with Crippen molar-refractivity contribution >= 4 is 17.2 Å². The Labute approximate surface area is 106 Å². The second kappa shape index (κ2) is 5.19. The number of thiophene rings is 1. The standard InChI is InChI=1S/C13H20N2OS/c1-8(15-9(2)13(14)16)12-7-10-5-3-4-6-11(10)17-12/h7-9,15H,3-6H2,1-2H3,(H2,14,16). The number of nitrogens with two attached hydrogens (primary N) is 1. The maximum absolute atomic E-state index is 11.0. The number of rotatable bonds is 4. The maximum Gasteiger partial charge on any atom is 0.234 e. The van der Waals surface area contributed by atoms with E-state index in [-0.39, 0.29) is 18.0 Å². The van der Waals surface area contributed by atoms with Crippen LogP contribution in [0.25, 0.3) is 0 Å². The Hall–Kier alpha value is -0.870.